The Morgan fingerprint density at radius 3 is 1.39 bits per heavy atom. The van der Waals surface area contributed by atoms with Gasteiger partial charge in [-0.3, -0.25) is 52.7 Å². The molecule has 2 rings (SSSR count). The lowest BCUT2D eigenvalue weighted by Crippen LogP contribution is -2.61. The summed E-state index contributed by atoms with van der Waals surface area (Å²) in [5, 5.41) is 33.5. The minimum atomic E-state index is -1.81. The zero-order valence-corrected chi connectivity index (χ0v) is 48.9. The van der Waals surface area contributed by atoms with Crippen molar-refractivity contribution in [3.63, 3.8) is 0 Å². The number of unbranched alkanes of at least 4 members (excludes halogenated alkanes) is 2. The fraction of sp³-hybridized carbons (Fsp3) is 0.589. The first-order chi connectivity index (χ1) is 38.9. The Balaban J connectivity index is 2.46. The molecule has 0 aromatic heterocycles. The molecule has 0 aliphatic heterocycles. The van der Waals surface area contributed by atoms with Crippen LogP contribution in [-0.4, -0.2) is 156 Å². The first-order valence-electron chi connectivity index (χ1n) is 27.9. The highest BCUT2D eigenvalue weighted by Crippen LogP contribution is 2.14. The average Bonchev–Trinajstić information content (AvgIpc) is 3.43. The van der Waals surface area contributed by atoms with Crippen LogP contribution in [0.4, 0.5) is 0 Å². The van der Waals surface area contributed by atoms with Gasteiger partial charge in [0, 0.05) is 12.8 Å². The van der Waals surface area contributed by atoms with Crippen LogP contribution in [0.3, 0.4) is 0 Å². The summed E-state index contributed by atoms with van der Waals surface area (Å²) in [6.07, 6.45) is 3.21. The van der Waals surface area contributed by atoms with Crippen molar-refractivity contribution < 1.29 is 57.8 Å². The number of amides is 10. The zero-order chi connectivity index (χ0) is 61.3. The maximum atomic E-state index is 14.5. The van der Waals surface area contributed by atoms with Gasteiger partial charge in [0.15, 0.2) is 0 Å². The number of hydrogen-bond donors (Lipinski definition) is 14. The SMILES string of the molecule is CC[C@H](C)[C@H](NC(=O)[C@H](Cc1ccccc1)NC(=O)[C@H](CCCCN)NC(=O)[C@H](CC(=O)O)NC(=O)[C@H](Cc1ccccc1)NC(=O)[C@H](CCCCN)NC(=O)[C@H](C)N)C(=O)NCC(=O)N[C@@H](CC(C)C)C(=O)N[C@@H](CCSC)C(N)=O. The Morgan fingerprint density at radius 1 is 0.524 bits per heavy atom. The second-order valence-corrected chi connectivity index (χ2v) is 21.7. The number of aliphatic carboxylic acids is 1. The van der Waals surface area contributed by atoms with Gasteiger partial charge in [-0.05, 0) is 106 Å². The molecule has 0 radical (unpaired) electrons. The van der Waals surface area contributed by atoms with E-state index < -0.39 is 138 Å². The van der Waals surface area contributed by atoms with Crippen molar-refractivity contribution in [1.29, 1.82) is 0 Å². The third-order valence-corrected chi connectivity index (χ3v) is 13.9. The van der Waals surface area contributed by atoms with Crippen LogP contribution in [0.1, 0.15) is 110 Å². The fourth-order valence-corrected chi connectivity index (χ4v) is 8.86. The van der Waals surface area contributed by atoms with Crippen LogP contribution in [0.15, 0.2) is 60.7 Å². The van der Waals surface area contributed by atoms with Gasteiger partial charge in [0.1, 0.15) is 48.3 Å². The summed E-state index contributed by atoms with van der Waals surface area (Å²) in [5.41, 5.74) is 23.9. The minimum Gasteiger partial charge on any atom is -0.481 e. The van der Waals surface area contributed by atoms with Crippen LogP contribution < -0.4 is 70.8 Å². The predicted molar refractivity (Wildman–Crippen MR) is 312 cm³/mol. The lowest BCUT2D eigenvalue weighted by molar-refractivity contribution is -0.141. The molecule has 25 nitrogen and oxygen atoms in total. The number of benzene rings is 2. The van der Waals surface area contributed by atoms with Crippen LogP contribution in [-0.2, 0) is 65.6 Å². The van der Waals surface area contributed by atoms with Crippen LogP contribution in [0.2, 0.25) is 0 Å². The maximum absolute atomic E-state index is 14.5. The first kappa shape index (κ1) is 70.9. The summed E-state index contributed by atoms with van der Waals surface area (Å²) in [6, 6.07) is 5.66. The van der Waals surface area contributed by atoms with Crippen molar-refractivity contribution in [3.05, 3.63) is 71.8 Å². The highest BCUT2D eigenvalue weighted by atomic mass is 32.2. The summed E-state index contributed by atoms with van der Waals surface area (Å²) in [5.74, 6) is -9.49. The number of carboxylic acids is 1. The molecule has 0 saturated heterocycles. The molecule has 456 valence electrons. The Morgan fingerprint density at radius 2 is 0.951 bits per heavy atom. The van der Waals surface area contributed by atoms with Gasteiger partial charge in [0.05, 0.1) is 19.0 Å². The van der Waals surface area contributed by atoms with Crippen LogP contribution in [0.25, 0.3) is 0 Å². The largest absolute Gasteiger partial charge is 0.481 e. The van der Waals surface area contributed by atoms with Crippen molar-refractivity contribution in [1.82, 2.24) is 47.9 Å². The van der Waals surface area contributed by atoms with E-state index in [-0.39, 0.29) is 57.4 Å². The third kappa shape index (κ3) is 27.1. The summed E-state index contributed by atoms with van der Waals surface area (Å²) in [6.45, 7) is 8.52. The minimum absolute atomic E-state index is 0.0586. The molecule has 0 fully saturated rings. The molecular weight excluding hydrogens is 1080 g/mol. The van der Waals surface area contributed by atoms with E-state index in [1.807, 2.05) is 20.1 Å². The molecular formula is C56H89N13O12S. The van der Waals surface area contributed by atoms with Crippen molar-refractivity contribution in [2.45, 2.75) is 166 Å². The highest BCUT2D eigenvalue weighted by molar-refractivity contribution is 7.98. The molecule has 82 heavy (non-hydrogen) atoms. The van der Waals surface area contributed by atoms with Gasteiger partial charge in [-0.2, -0.15) is 11.8 Å². The average molecular weight is 1170 g/mol. The Hall–Kier alpha value is -7.16. The van der Waals surface area contributed by atoms with Gasteiger partial charge in [-0.25, -0.2) is 0 Å². The van der Waals surface area contributed by atoms with E-state index >= 15 is 0 Å². The number of thioether (sulfide) groups is 1. The van der Waals surface area contributed by atoms with E-state index in [9.17, 15) is 57.8 Å². The molecule has 10 amide bonds. The summed E-state index contributed by atoms with van der Waals surface area (Å²) < 4.78 is 0. The second kappa shape index (κ2) is 38.5. The smallest absolute Gasteiger partial charge is 0.305 e. The van der Waals surface area contributed by atoms with Gasteiger partial charge in [0.25, 0.3) is 0 Å². The number of carbonyl (C=O) groups is 11. The van der Waals surface area contributed by atoms with Crippen LogP contribution >= 0.6 is 11.8 Å². The van der Waals surface area contributed by atoms with E-state index in [1.54, 1.807) is 74.5 Å². The molecule has 0 aliphatic carbocycles. The zero-order valence-electron chi connectivity index (χ0n) is 48.1. The normalized spacial score (nSPS) is 14.8. The molecule has 0 heterocycles. The summed E-state index contributed by atoms with van der Waals surface area (Å²) >= 11 is 1.47. The highest BCUT2D eigenvalue weighted by Gasteiger charge is 2.36. The summed E-state index contributed by atoms with van der Waals surface area (Å²) in [7, 11) is 0. The quantitative estimate of drug-likeness (QED) is 0.0351. The van der Waals surface area contributed by atoms with Crippen molar-refractivity contribution in [2.24, 2.45) is 34.8 Å². The number of rotatable bonds is 40. The molecule has 0 spiro atoms. The Kier molecular flexibility index (Phi) is 33.3. The molecule has 0 bridgehead atoms. The third-order valence-electron chi connectivity index (χ3n) is 13.3. The molecule has 10 atom stereocenters. The molecule has 2 aromatic carbocycles. The Bertz CT molecular complexity index is 2390. The van der Waals surface area contributed by atoms with E-state index in [4.69, 9.17) is 22.9 Å². The monoisotopic (exact) mass is 1170 g/mol. The van der Waals surface area contributed by atoms with Gasteiger partial charge < -0.3 is 75.9 Å². The van der Waals surface area contributed by atoms with E-state index in [0.29, 0.717) is 49.1 Å². The number of nitrogens with two attached hydrogens (primary N) is 4. The van der Waals surface area contributed by atoms with Gasteiger partial charge in [-0.15, -0.1) is 0 Å². The van der Waals surface area contributed by atoms with Crippen molar-refractivity contribution in [2.75, 3.05) is 31.6 Å². The second-order valence-electron chi connectivity index (χ2n) is 20.7. The molecule has 0 unspecified atom stereocenters. The maximum Gasteiger partial charge on any atom is 0.305 e. The Labute approximate surface area is 485 Å². The predicted octanol–water partition coefficient (Wildman–Crippen LogP) is -1.12. The van der Waals surface area contributed by atoms with Crippen LogP contribution in [0.5, 0.6) is 0 Å². The molecule has 0 saturated carbocycles. The van der Waals surface area contributed by atoms with Crippen LogP contribution in [0, 0.1) is 11.8 Å². The number of carbonyl (C=O) groups excluding carboxylic acids is 10. The molecule has 2 aromatic rings. The number of primary amides is 1. The number of hydrogen-bond acceptors (Lipinski definition) is 15. The van der Waals surface area contributed by atoms with Crippen molar-refractivity contribution in [3.8, 4) is 0 Å². The van der Waals surface area contributed by atoms with E-state index in [1.165, 1.54) is 18.7 Å². The first-order valence-corrected chi connectivity index (χ1v) is 29.3. The standard InChI is InChI=1S/C56H89N13O12S/c1-7-34(4)47(56(81)61-32-45(70)62-41(28-33(2)3)52(77)63-38(48(60)73)24-27-82-6)69-55(80)43(30-37-20-12-9-13-21-37)67-51(76)40(23-15-17-26-58)65-54(79)44(31-46(71)72)68-53(78)42(29-36-18-10-8-11-19-36)66-50(75)39(22-14-16-25-57)64-49(74)35(5)59/h8-13,18-21,33-35,38-44,47H,7,14-17,22-32,57-59H2,1-6H3,(H2,60,73)(H,61,81)(H,62,70)(H,63,77)(H,64,74)(H,65,79)(H,66,75)(H,67,76)(H,68,78)(H,69,80)(H,71,72)/t34-,35-,38-,39-,40-,41-,42-,43-,44-,47-/m0/s1. The number of carboxylic acid groups (broad SMARTS) is 1. The lowest BCUT2D eigenvalue weighted by atomic mass is 9.97. The molecule has 26 heteroatoms. The van der Waals surface area contributed by atoms with E-state index in [0.717, 1.165) is 0 Å². The molecule has 18 N–H and O–H groups in total. The molecule has 0 aliphatic rings. The topological polar surface area (TPSA) is 420 Å². The van der Waals surface area contributed by atoms with Gasteiger partial charge in [-0.1, -0.05) is 94.8 Å². The van der Waals surface area contributed by atoms with Gasteiger partial charge in [0.2, 0.25) is 59.1 Å². The van der Waals surface area contributed by atoms with Gasteiger partial charge >= 0.3 is 5.97 Å². The number of nitrogens with one attached hydrogen (secondary N) is 9. The van der Waals surface area contributed by atoms with E-state index in [2.05, 4.69) is 47.9 Å². The fourth-order valence-electron chi connectivity index (χ4n) is 8.39. The van der Waals surface area contributed by atoms with Crippen molar-refractivity contribution >= 4 is 76.8 Å². The lowest BCUT2D eigenvalue weighted by Gasteiger charge is -2.28. The summed E-state index contributed by atoms with van der Waals surface area (Å²) in [4.78, 5) is 149.